The van der Waals surface area contributed by atoms with Crippen molar-refractivity contribution in [2.75, 3.05) is 31.6 Å². The van der Waals surface area contributed by atoms with E-state index in [-0.39, 0.29) is 0 Å². The van der Waals surface area contributed by atoms with Gasteiger partial charge in [-0.1, -0.05) is 11.4 Å². The Labute approximate surface area is 106 Å². The van der Waals surface area contributed by atoms with Crippen LogP contribution in [0.2, 0.25) is 0 Å². The minimum absolute atomic E-state index is 0.373. The predicted octanol–water partition coefficient (Wildman–Crippen LogP) is 1.58. The Morgan fingerprint density at radius 2 is 2.41 bits per heavy atom. The molecule has 1 aliphatic rings. The van der Waals surface area contributed by atoms with Crippen LogP contribution in [0.1, 0.15) is 26.0 Å². The maximum absolute atomic E-state index is 5.66. The van der Waals surface area contributed by atoms with Gasteiger partial charge in [-0.15, -0.1) is 5.10 Å². The first-order chi connectivity index (χ1) is 8.33. The molecule has 17 heavy (non-hydrogen) atoms. The Morgan fingerprint density at radius 3 is 3.18 bits per heavy atom. The topological polar surface area (TPSA) is 50.3 Å². The Hall–Kier alpha value is -0.720. The lowest BCUT2D eigenvalue weighted by molar-refractivity contribution is -0.0327. The third-order valence-corrected chi connectivity index (χ3v) is 3.67. The van der Waals surface area contributed by atoms with Gasteiger partial charge in [0.2, 0.25) is 0 Å². The highest BCUT2D eigenvalue weighted by molar-refractivity contribution is 7.10. The van der Waals surface area contributed by atoms with Crippen molar-refractivity contribution >= 4 is 16.5 Å². The van der Waals surface area contributed by atoms with Gasteiger partial charge in [-0.3, -0.25) is 4.90 Å². The fourth-order valence-electron chi connectivity index (χ4n) is 1.99. The number of hydrogen-bond acceptors (Lipinski definition) is 6. The Balaban J connectivity index is 1.93. The molecule has 96 valence electrons. The average Bonchev–Trinajstić information content (AvgIpc) is 2.78. The second kappa shape index (κ2) is 6.28. The monoisotopic (exact) mass is 256 g/mol. The van der Waals surface area contributed by atoms with E-state index in [0.717, 1.165) is 49.9 Å². The fraction of sp³-hybridized carbons (Fsp3) is 0.818. The van der Waals surface area contributed by atoms with E-state index in [4.69, 9.17) is 4.74 Å². The number of anilines is 1. The van der Waals surface area contributed by atoms with E-state index in [1.807, 2.05) is 0 Å². The number of hydrogen-bond donors (Lipinski definition) is 1. The number of rotatable bonds is 5. The highest BCUT2D eigenvalue weighted by Crippen LogP contribution is 2.20. The SMILES string of the molecule is CCNc1snnc1CN1CCOC(CC)C1. The van der Waals surface area contributed by atoms with Crippen molar-refractivity contribution in [3.05, 3.63) is 5.69 Å². The van der Waals surface area contributed by atoms with Crippen LogP contribution in [0.4, 0.5) is 5.00 Å². The molecule has 0 spiro atoms. The summed E-state index contributed by atoms with van der Waals surface area (Å²) in [5.74, 6) is 0. The quantitative estimate of drug-likeness (QED) is 0.867. The van der Waals surface area contributed by atoms with E-state index in [1.54, 1.807) is 0 Å². The van der Waals surface area contributed by atoms with Gasteiger partial charge in [0, 0.05) is 37.7 Å². The molecule has 1 fully saturated rings. The standard InChI is InChI=1S/C11H20N4OS/c1-3-9-7-15(5-6-16-9)8-10-11(12-4-2)17-14-13-10/h9,12H,3-8H2,1-2H3. The second-order valence-electron chi connectivity index (χ2n) is 4.22. The molecule has 1 saturated heterocycles. The number of morpholine rings is 1. The van der Waals surface area contributed by atoms with Crippen LogP contribution < -0.4 is 5.32 Å². The lowest BCUT2D eigenvalue weighted by Gasteiger charge is -2.31. The summed E-state index contributed by atoms with van der Waals surface area (Å²) < 4.78 is 9.68. The average molecular weight is 256 g/mol. The van der Waals surface area contributed by atoms with Gasteiger partial charge in [-0.25, -0.2) is 0 Å². The maximum Gasteiger partial charge on any atom is 0.134 e. The predicted molar refractivity (Wildman–Crippen MR) is 69.4 cm³/mol. The molecule has 5 nitrogen and oxygen atoms in total. The zero-order valence-electron chi connectivity index (χ0n) is 10.5. The first kappa shape index (κ1) is 12.7. The molecule has 1 atom stereocenters. The summed E-state index contributed by atoms with van der Waals surface area (Å²) in [7, 11) is 0. The first-order valence-electron chi connectivity index (χ1n) is 6.22. The Morgan fingerprint density at radius 1 is 1.53 bits per heavy atom. The van der Waals surface area contributed by atoms with Crippen LogP contribution in [-0.4, -0.2) is 46.8 Å². The van der Waals surface area contributed by atoms with Crippen LogP contribution >= 0.6 is 11.5 Å². The van der Waals surface area contributed by atoms with Gasteiger partial charge >= 0.3 is 0 Å². The molecule has 0 amide bonds. The largest absolute Gasteiger partial charge is 0.376 e. The molecule has 2 rings (SSSR count). The summed E-state index contributed by atoms with van der Waals surface area (Å²) in [6.07, 6.45) is 1.45. The molecular weight excluding hydrogens is 236 g/mol. The van der Waals surface area contributed by atoms with Crippen LogP contribution in [0.3, 0.4) is 0 Å². The lowest BCUT2D eigenvalue weighted by atomic mass is 10.2. The maximum atomic E-state index is 5.66. The highest BCUT2D eigenvalue weighted by Gasteiger charge is 2.20. The molecule has 0 bridgehead atoms. The van der Waals surface area contributed by atoms with Gasteiger partial charge in [-0.2, -0.15) is 0 Å². The summed E-state index contributed by atoms with van der Waals surface area (Å²) in [5.41, 5.74) is 1.06. The number of nitrogens with zero attached hydrogens (tertiary/aromatic N) is 3. The third-order valence-electron chi connectivity index (χ3n) is 2.94. The van der Waals surface area contributed by atoms with Crippen molar-refractivity contribution in [1.29, 1.82) is 0 Å². The van der Waals surface area contributed by atoms with Gasteiger partial charge in [-0.05, 0) is 13.3 Å². The van der Waals surface area contributed by atoms with E-state index in [0.29, 0.717) is 6.10 Å². The molecule has 0 aromatic carbocycles. The van der Waals surface area contributed by atoms with Gasteiger partial charge < -0.3 is 10.1 Å². The van der Waals surface area contributed by atoms with E-state index in [1.165, 1.54) is 11.5 Å². The Bertz CT molecular complexity index is 344. The van der Waals surface area contributed by atoms with Crippen LogP contribution in [0, 0.1) is 0 Å². The van der Waals surface area contributed by atoms with E-state index >= 15 is 0 Å². The van der Waals surface area contributed by atoms with Crippen molar-refractivity contribution in [2.24, 2.45) is 0 Å². The molecule has 6 heteroatoms. The smallest absolute Gasteiger partial charge is 0.134 e. The summed E-state index contributed by atoms with van der Waals surface area (Å²) in [6, 6.07) is 0. The van der Waals surface area contributed by atoms with Crippen molar-refractivity contribution < 1.29 is 4.74 Å². The van der Waals surface area contributed by atoms with Crippen molar-refractivity contribution in [3.8, 4) is 0 Å². The highest BCUT2D eigenvalue weighted by atomic mass is 32.1. The second-order valence-corrected chi connectivity index (χ2v) is 4.97. The summed E-state index contributed by atoms with van der Waals surface area (Å²) >= 11 is 1.44. The van der Waals surface area contributed by atoms with Gasteiger partial charge in [0.25, 0.3) is 0 Å². The lowest BCUT2D eigenvalue weighted by Crippen LogP contribution is -2.41. The van der Waals surface area contributed by atoms with Crippen molar-refractivity contribution in [2.45, 2.75) is 32.9 Å². The zero-order valence-corrected chi connectivity index (χ0v) is 11.3. The molecule has 1 unspecified atom stereocenters. The molecule has 1 aromatic heterocycles. The minimum atomic E-state index is 0.373. The van der Waals surface area contributed by atoms with Crippen molar-refractivity contribution in [1.82, 2.24) is 14.5 Å². The van der Waals surface area contributed by atoms with Gasteiger partial charge in [0.05, 0.1) is 12.7 Å². The third kappa shape index (κ3) is 3.37. The van der Waals surface area contributed by atoms with Crippen LogP contribution in [0.15, 0.2) is 0 Å². The van der Waals surface area contributed by atoms with E-state index in [2.05, 4.69) is 33.7 Å². The molecule has 1 aromatic rings. The van der Waals surface area contributed by atoms with Crippen molar-refractivity contribution in [3.63, 3.8) is 0 Å². The molecule has 1 N–H and O–H groups in total. The number of aromatic nitrogens is 2. The summed E-state index contributed by atoms with van der Waals surface area (Å²) in [6.45, 7) is 8.86. The number of nitrogens with one attached hydrogen (secondary N) is 1. The van der Waals surface area contributed by atoms with E-state index < -0.39 is 0 Å². The van der Waals surface area contributed by atoms with Crippen LogP contribution in [0.25, 0.3) is 0 Å². The molecule has 0 saturated carbocycles. The molecular formula is C11H20N4OS. The van der Waals surface area contributed by atoms with Crippen LogP contribution in [0.5, 0.6) is 0 Å². The molecule has 2 heterocycles. The zero-order chi connectivity index (χ0) is 12.1. The summed E-state index contributed by atoms with van der Waals surface area (Å²) in [5, 5.41) is 8.61. The molecule has 0 radical (unpaired) electrons. The first-order valence-corrected chi connectivity index (χ1v) is 6.99. The Kier molecular flexibility index (Phi) is 4.70. The van der Waals surface area contributed by atoms with E-state index in [9.17, 15) is 0 Å². The minimum Gasteiger partial charge on any atom is -0.376 e. The van der Waals surface area contributed by atoms with Crippen LogP contribution in [-0.2, 0) is 11.3 Å². The van der Waals surface area contributed by atoms with Gasteiger partial charge in [0.1, 0.15) is 10.7 Å². The normalized spacial score (nSPS) is 21.6. The molecule has 0 aliphatic carbocycles. The fourth-order valence-corrected chi connectivity index (χ4v) is 2.63. The van der Waals surface area contributed by atoms with Gasteiger partial charge in [0.15, 0.2) is 0 Å². The summed E-state index contributed by atoms with van der Waals surface area (Å²) in [4.78, 5) is 2.40. The number of ether oxygens (including phenoxy) is 1. The molecule has 1 aliphatic heterocycles.